The Morgan fingerprint density at radius 2 is 2.06 bits per heavy atom. The molecule has 1 aliphatic heterocycles. The molecule has 7 heteroatoms. The zero-order valence-electron chi connectivity index (χ0n) is 10.2. The van der Waals surface area contributed by atoms with Gasteiger partial charge in [0.25, 0.3) is 0 Å². The minimum atomic E-state index is -0.786. The van der Waals surface area contributed by atoms with Crippen molar-refractivity contribution in [1.82, 2.24) is 19.9 Å². The maximum atomic E-state index is 11.9. The van der Waals surface area contributed by atoms with Crippen molar-refractivity contribution in [2.75, 3.05) is 13.1 Å². The highest BCUT2D eigenvalue weighted by atomic mass is 16.4. The van der Waals surface area contributed by atoms with Crippen LogP contribution in [0.15, 0.2) is 12.4 Å². The second-order valence-corrected chi connectivity index (χ2v) is 4.85. The molecule has 98 valence electrons. The van der Waals surface area contributed by atoms with Crippen LogP contribution in [0.1, 0.15) is 19.8 Å². The summed E-state index contributed by atoms with van der Waals surface area (Å²) < 4.78 is 1.47. The third-order valence-electron chi connectivity index (χ3n) is 3.51. The molecule has 0 spiro atoms. The van der Waals surface area contributed by atoms with Crippen molar-refractivity contribution in [1.29, 1.82) is 0 Å². The molecule has 1 saturated heterocycles. The molecule has 2 heterocycles. The molecular formula is C11H16N4O3. The van der Waals surface area contributed by atoms with E-state index in [4.69, 9.17) is 5.11 Å². The molecule has 0 bridgehead atoms. The maximum absolute atomic E-state index is 11.9. The van der Waals surface area contributed by atoms with Crippen LogP contribution in [0.4, 0.5) is 0 Å². The molecule has 0 unspecified atom stereocenters. The fourth-order valence-corrected chi connectivity index (χ4v) is 2.02. The predicted molar refractivity (Wildman–Crippen MR) is 61.6 cm³/mol. The van der Waals surface area contributed by atoms with Gasteiger partial charge in [-0.25, -0.2) is 4.68 Å². The number of rotatable bonds is 3. The van der Waals surface area contributed by atoms with Gasteiger partial charge < -0.3 is 10.0 Å². The number of carboxylic acids is 1. The van der Waals surface area contributed by atoms with E-state index < -0.39 is 11.4 Å². The summed E-state index contributed by atoms with van der Waals surface area (Å²) in [6.07, 6.45) is 4.13. The Morgan fingerprint density at radius 1 is 1.39 bits per heavy atom. The van der Waals surface area contributed by atoms with Crippen LogP contribution in [0, 0.1) is 5.41 Å². The highest BCUT2D eigenvalue weighted by molar-refractivity contribution is 5.77. The van der Waals surface area contributed by atoms with Gasteiger partial charge in [0.15, 0.2) is 0 Å². The highest BCUT2D eigenvalue weighted by Gasteiger charge is 2.37. The summed E-state index contributed by atoms with van der Waals surface area (Å²) in [5, 5.41) is 16.5. The molecule has 0 radical (unpaired) electrons. The van der Waals surface area contributed by atoms with Gasteiger partial charge in [0.05, 0.1) is 11.6 Å². The van der Waals surface area contributed by atoms with E-state index in [1.807, 2.05) is 0 Å². The molecule has 1 aromatic heterocycles. The highest BCUT2D eigenvalue weighted by Crippen LogP contribution is 2.31. The molecule has 7 nitrogen and oxygen atoms in total. The van der Waals surface area contributed by atoms with E-state index in [1.165, 1.54) is 10.9 Å². The van der Waals surface area contributed by atoms with E-state index in [1.54, 1.807) is 18.0 Å². The van der Waals surface area contributed by atoms with E-state index in [9.17, 15) is 9.59 Å². The van der Waals surface area contributed by atoms with E-state index in [2.05, 4.69) is 10.3 Å². The van der Waals surface area contributed by atoms with Crippen LogP contribution in [0.5, 0.6) is 0 Å². The van der Waals surface area contributed by atoms with E-state index in [-0.39, 0.29) is 12.5 Å². The lowest BCUT2D eigenvalue weighted by Gasteiger charge is -2.36. The van der Waals surface area contributed by atoms with Crippen molar-refractivity contribution in [3.63, 3.8) is 0 Å². The fourth-order valence-electron chi connectivity index (χ4n) is 2.02. The molecule has 2 rings (SSSR count). The number of carbonyl (C=O) groups is 2. The largest absolute Gasteiger partial charge is 0.481 e. The first-order valence-electron chi connectivity index (χ1n) is 5.86. The third-order valence-corrected chi connectivity index (χ3v) is 3.51. The lowest BCUT2D eigenvalue weighted by molar-refractivity contribution is -0.153. The van der Waals surface area contributed by atoms with Crippen molar-refractivity contribution in [2.24, 2.45) is 5.41 Å². The smallest absolute Gasteiger partial charge is 0.309 e. The topological polar surface area (TPSA) is 88.3 Å². The number of piperidine rings is 1. The Balaban J connectivity index is 1.90. The van der Waals surface area contributed by atoms with E-state index in [0.717, 1.165) is 0 Å². The molecule has 0 atom stereocenters. The third kappa shape index (κ3) is 2.49. The van der Waals surface area contributed by atoms with Crippen LogP contribution in [0.3, 0.4) is 0 Å². The summed E-state index contributed by atoms with van der Waals surface area (Å²) in [7, 11) is 0. The average molecular weight is 252 g/mol. The summed E-state index contributed by atoms with van der Waals surface area (Å²) in [5.74, 6) is -0.834. The molecule has 1 amide bonds. The Morgan fingerprint density at radius 3 is 2.56 bits per heavy atom. The predicted octanol–water partition coefficient (Wildman–Crippen LogP) is -0.00860. The van der Waals surface area contributed by atoms with Crippen molar-refractivity contribution < 1.29 is 14.7 Å². The lowest BCUT2D eigenvalue weighted by Crippen LogP contribution is -2.46. The first kappa shape index (κ1) is 12.5. The summed E-state index contributed by atoms with van der Waals surface area (Å²) >= 11 is 0. The van der Waals surface area contributed by atoms with Crippen molar-refractivity contribution in [2.45, 2.75) is 26.3 Å². The van der Waals surface area contributed by atoms with Gasteiger partial charge in [0.1, 0.15) is 6.54 Å². The van der Waals surface area contributed by atoms with Crippen LogP contribution in [-0.2, 0) is 16.1 Å². The van der Waals surface area contributed by atoms with Gasteiger partial charge in [-0.15, -0.1) is 5.10 Å². The Bertz CT molecular complexity index is 435. The first-order chi connectivity index (χ1) is 8.51. The Labute approximate surface area is 104 Å². The van der Waals surface area contributed by atoms with Gasteiger partial charge in [0, 0.05) is 19.3 Å². The summed E-state index contributed by atoms with van der Waals surface area (Å²) in [5.41, 5.74) is -0.704. The number of nitrogens with zero attached hydrogens (tertiary/aromatic N) is 4. The molecular weight excluding hydrogens is 236 g/mol. The number of carbonyl (C=O) groups excluding carboxylic acids is 1. The zero-order valence-corrected chi connectivity index (χ0v) is 10.2. The monoisotopic (exact) mass is 252 g/mol. The van der Waals surface area contributed by atoms with E-state index in [0.29, 0.717) is 25.9 Å². The second-order valence-electron chi connectivity index (χ2n) is 4.85. The van der Waals surface area contributed by atoms with Crippen molar-refractivity contribution in [3.05, 3.63) is 12.4 Å². The van der Waals surface area contributed by atoms with Crippen molar-refractivity contribution >= 4 is 11.9 Å². The summed E-state index contributed by atoms with van der Waals surface area (Å²) in [4.78, 5) is 24.7. The quantitative estimate of drug-likeness (QED) is 0.817. The van der Waals surface area contributed by atoms with Gasteiger partial charge in [-0.05, 0) is 19.8 Å². The van der Waals surface area contributed by atoms with Gasteiger partial charge in [-0.2, -0.15) is 0 Å². The SMILES string of the molecule is CC1(C(=O)O)CCN(C(=O)Cn2ccnn2)CC1. The van der Waals surface area contributed by atoms with Gasteiger partial charge in [-0.3, -0.25) is 9.59 Å². The molecule has 1 aromatic rings. The van der Waals surface area contributed by atoms with Crippen LogP contribution in [0.25, 0.3) is 0 Å². The molecule has 18 heavy (non-hydrogen) atoms. The van der Waals surface area contributed by atoms with Gasteiger partial charge in [-0.1, -0.05) is 5.21 Å². The molecule has 0 aliphatic carbocycles. The molecule has 1 aliphatic rings. The second kappa shape index (κ2) is 4.75. The zero-order chi connectivity index (χ0) is 13.2. The standard InChI is InChI=1S/C11H16N4O3/c1-11(10(17)18)2-5-14(6-3-11)9(16)8-15-7-4-12-13-15/h4,7H,2-3,5-6,8H2,1H3,(H,17,18). The minimum Gasteiger partial charge on any atom is -0.481 e. The number of amides is 1. The minimum absolute atomic E-state index is 0.0482. The number of carboxylic acid groups (broad SMARTS) is 1. The van der Waals surface area contributed by atoms with Gasteiger partial charge in [0.2, 0.25) is 5.91 Å². The molecule has 1 N–H and O–H groups in total. The van der Waals surface area contributed by atoms with Crippen molar-refractivity contribution in [3.8, 4) is 0 Å². The number of hydrogen-bond donors (Lipinski definition) is 1. The normalized spacial score (nSPS) is 18.6. The number of aliphatic carboxylic acids is 1. The lowest BCUT2D eigenvalue weighted by atomic mass is 9.80. The number of hydrogen-bond acceptors (Lipinski definition) is 4. The number of aromatic nitrogens is 3. The van der Waals surface area contributed by atoms with Gasteiger partial charge >= 0.3 is 5.97 Å². The average Bonchev–Trinajstić information content (AvgIpc) is 2.82. The first-order valence-corrected chi connectivity index (χ1v) is 5.86. The Kier molecular flexibility index (Phi) is 3.31. The molecule has 0 aromatic carbocycles. The van der Waals surface area contributed by atoms with Crippen LogP contribution in [-0.4, -0.2) is 50.0 Å². The number of likely N-dealkylation sites (tertiary alicyclic amines) is 1. The Hall–Kier alpha value is -1.92. The molecule has 0 saturated carbocycles. The van der Waals surface area contributed by atoms with Crippen LogP contribution >= 0.6 is 0 Å². The van der Waals surface area contributed by atoms with Crippen LogP contribution in [0.2, 0.25) is 0 Å². The molecule has 1 fully saturated rings. The summed E-state index contributed by atoms with van der Waals surface area (Å²) in [6, 6.07) is 0. The maximum Gasteiger partial charge on any atom is 0.309 e. The van der Waals surface area contributed by atoms with E-state index >= 15 is 0 Å². The summed E-state index contributed by atoms with van der Waals surface area (Å²) in [6.45, 7) is 2.85. The van der Waals surface area contributed by atoms with Crippen LogP contribution < -0.4 is 0 Å². The fraction of sp³-hybridized carbons (Fsp3) is 0.636.